The van der Waals surface area contributed by atoms with Crippen molar-refractivity contribution >= 4 is 39.9 Å². The lowest BCUT2D eigenvalue weighted by molar-refractivity contribution is 0.0600. The number of methoxy groups -OCH3 is 1. The van der Waals surface area contributed by atoms with Crippen LogP contribution in [0.25, 0.3) is 34.0 Å². The van der Waals surface area contributed by atoms with Gasteiger partial charge in [-0.15, -0.1) is 0 Å². The first-order valence-electron chi connectivity index (χ1n) is 8.25. The molecule has 26 heavy (non-hydrogen) atoms. The smallest absolute Gasteiger partial charge is 0.337 e. The minimum atomic E-state index is -0.333. The number of aromatic nitrogens is 2. The third-order valence-corrected chi connectivity index (χ3v) is 4.30. The number of carbonyl (C=O) groups is 1. The molecule has 4 heteroatoms. The maximum absolute atomic E-state index is 11.5. The molecule has 4 nitrogen and oxygen atoms in total. The van der Waals surface area contributed by atoms with Gasteiger partial charge in [-0.25, -0.2) is 4.79 Å². The normalized spacial score (nSPS) is 11.3. The lowest BCUT2D eigenvalue weighted by Crippen LogP contribution is -2.00. The van der Waals surface area contributed by atoms with Gasteiger partial charge in [0.15, 0.2) is 0 Å². The summed E-state index contributed by atoms with van der Waals surface area (Å²) in [6.07, 6.45) is 7.65. The molecule has 4 aromatic rings. The van der Waals surface area contributed by atoms with Crippen LogP contribution in [-0.2, 0) is 4.74 Å². The summed E-state index contributed by atoms with van der Waals surface area (Å²) in [5, 5.41) is 2.13. The fourth-order valence-electron chi connectivity index (χ4n) is 2.95. The Morgan fingerprint density at radius 1 is 0.885 bits per heavy atom. The van der Waals surface area contributed by atoms with Crippen LogP contribution in [0.1, 0.15) is 21.5 Å². The van der Waals surface area contributed by atoms with Gasteiger partial charge in [0.05, 0.1) is 23.7 Å². The monoisotopic (exact) mass is 340 g/mol. The van der Waals surface area contributed by atoms with E-state index in [0.717, 1.165) is 32.9 Å². The number of fused-ring (bicyclic) bond motifs is 3. The van der Waals surface area contributed by atoms with Crippen LogP contribution < -0.4 is 0 Å². The number of carbonyl (C=O) groups excluding carboxylic acids is 1. The van der Waals surface area contributed by atoms with E-state index in [1.807, 2.05) is 42.5 Å². The zero-order valence-electron chi connectivity index (χ0n) is 14.2. The van der Waals surface area contributed by atoms with Gasteiger partial charge in [-0.2, -0.15) is 0 Å². The van der Waals surface area contributed by atoms with Gasteiger partial charge >= 0.3 is 5.97 Å². The molecular weight excluding hydrogens is 324 g/mol. The Hall–Kier alpha value is -3.53. The van der Waals surface area contributed by atoms with Gasteiger partial charge in [-0.1, -0.05) is 42.5 Å². The van der Waals surface area contributed by atoms with E-state index in [4.69, 9.17) is 4.74 Å². The highest BCUT2D eigenvalue weighted by Gasteiger charge is 2.06. The molecule has 2 heterocycles. The first kappa shape index (κ1) is 16.0. The highest BCUT2D eigenvalue weighted by atomic mass is 16.5. The van der Waals surface area contributed by atoms with Crippen LogP contribution in [0, 0.1) is 0 Å². The highest BCUT2D eigenvalue weighted by Crippen LogP contribution is 2.25. The second-order valence-electron chi connectivity index (χ2n) is 5.88. The van der Waals surface area contributed by atoms with Gasteiger partial charge in [-0.05, 0) is 35.4 Å². The average molecular weight is 340 g/mol. The van der Waals surface area contributed by atoms with Crippen molar-refractivity contribution in [1.82, 2.24) is 9.97 Å². The zero-order valence-corrected chi connectivity index (χ0v) is 14.2. The lowest BCUT2D eigenvalue weighted by atomic mass is 10.0. The largest absolute Gasteiger partial charge is 0.465 e. The average Bonchev–Trinajstić information content (AvgIpc) is 2.71. The van der Waals surface area contributed by atoms with Gasteiger partial charge in [0.2, 0.25) is 0 Å². The molecule has 0 atom stereocenters. The van der Waals surface area contributed by atoms with Crippen molar-refractivity contribution in [1.29, 1.82) is 0 Å². The Balaban J connectivity index is 1.72. The van der Waals surface area contributed by atoms with Crippen LogP contribution in [0.4, 0.5) is 0 Å². The van der Waals surface area contributed by atoms with E-state index in [2.05, 4.69) is 22.1 Å². The standard InChI is InChI=1S/C22H16N2O2/c1-26-22(25)18-8-5-15(6-9-18)4-7-16-12-14-24-21-19(16)11-10-17-3-2-13-23-20(17)21/h2-14H,1H3/b7-4+. The molecule has 2 aromatic carbocycles. The molecule has 4 rings (SSSR count). The summed E-state index contributed by atoms with van der Waals surface area (Å²) >= 11 is 0. The number of hydrogen-bond donors (Lipinski definition) is 0. The van der Waals surface area contributed by atoms with Crippen LogP contribution in [-0.4, -0.2) is 23.0 Å². The lowest BCUT2D eigenvalue weighted by Gasteiger charge is -2.05. The maximum Gasteiger partial charge on any atom is 0.337 e. The summed E-state index contributed by atoms with van der Waals surface area (Å²) in [6, 6.07) is 17.4. The second-order valence-corrected chi connectivity index (χ2v) is 5.88. The van der Waals surface area contributed by atoms with Crippen LogP contribution in [0.5, 0.6) is 0 Å². The Kier molecular flexibility index (Phi) is 4.15. The molecule has 0 unspecified atom stereocenters. The molecule has 0 amide bonds. The van der Waals surface area contributed by atoms with E-state index in [0.29, 0.717) is 5.56 Å². The fourth-order valence-corrected chi connectivity index (χ4v) is 2.95. The molecule has 0 aliphatic rings. The Labute approximate surface area is 150 Å². The predicted molar refractivity (Wildman–Crippen MR) is 104 cm³/mol. The molecule has 0 aliphatic heterocycles. The van der Waals surface area contributed by atoms with E-state index in [1.54, 1.807) is 24.5 Å². The minimum Gasteiger partial charge on any atom is -0.465 e. The molecule has 0 N–H and O–H groups in total. The first-order chi connectivity index (χ1) is 12.8. The van der Waals surface area contributed by atoms with E-state index in [9.17, 15) is 4.79 Å². The zero-order chi connectivity index (χ0) is 17.9. The number of nitrogens with zero attached hydrogens (tertiary/aromatic N) is 2. The number of hydrogen-bond acceptors (Lipinski definition) is 4. The SMILES string of the molecule is COC(=O)c1ccc(/C=C/c2ccnc3c2ccc2cccnc23)cc1. The number of ether oxygens (including phenoxy) is 1. The fraction of sp³-hybridized carbons (Fsp3) is 0.0455. The van der Waals surface area contributed by atoms with Gasteiger partial charge in [-0.3, -0.25) is 9.97 Å². The Morgan fingerprint density at radius 3 is 2.50 bits per heavy atom. The number of rotatable bonds is 3. The van der Waals surface area contributed by atoms with Crippen molar-refractivity contribution in [3.63, 3.8) is 0 Å². The van der Waals surface area contributed by atoms with Crippen molar-refractivity contribution in [2.24, 2.45) is 0 Å². The molecule has 0 saturated carbocycles. The molecule has 0 saturated heterocycles. The predicted octanol–water partition coefficient (Wildman–Crippen LogP) is 4.74. The number of benzene rings is 2. The van der Waals surface area contributed by atoms with Crippen molar-refractivity contribution in [2.45, 2.75) is 0 Å². The number of pyridine rings is 2. The van der Waals surface area contributed by atoms with E-state index in [-0.39, 0.29) is 5.97 Å². The molecule has 0 radical (unpaired) electrons. The van der Waals surface area contributed by atoms with Crippen LogP contribution >= 0.6 is 0 Å². The molecule has 0 aliphatic carbocycles. The van der Waals surface area contributed by atoms with Crippen LogP contribution in [0.3, 0.4) is 0 Å². The van der Waals surface area contributed by atoms with Gasteiger partial charge in [0.1, 0.15) is 0 Å². The number of esters is 1. The highest BCUT2D eigenvalue weighted by molar-refractivity contribution is 6.05. The summed E-state index contributed by atoms with van der Waals surface area (Å²) in [5.41, 5.74) is 4.41. The Bertz CT molecular complexity index is 1130. The van der Waals surface area contributed by atoms with E-state index < -0.39 is 0 Å². The molecule has 0 bridgehead atoms. The second kappa shape index (κ2) is 6.76. The van der Waals surface area contributed by atoms with Crippen molar-refractivity contribution < 1.29 is 9.53 Å². The molecule has 2 aromatic heterocycles. The summed E-state index contributed by atoms with van der Waals surface area (Å²) in [5.74, 6) is -0.333. The van der Waals surface area contributed by atoms with Gasteiger partial charge < -0.3 is 4.74 Å². The summed E-state index contributed by atoms with van der Waals surface area (Å²) in [6.45, 7) is 0. The molecule has 0 spiro atoms. The first-order valence-corrected chi connectivity index (χ1v) is 8.25. The van der Waals surface area contributed by atoms with Crippen LogP contribution in [0.2, 0.25) is 0 Å². The molecule has 0 fully saturated rings. The van der Waals surface area contributed by atoms with Crippen molar-refractivity contribution in [2.75, 3.05) is 7.11 Å². The maximum atomic E-state index is 11.5. The topological polar surface area (TPSA) is 52.1 Å². The summed E-state index contributed by atoms with van der Waals surface area (Å²) in [7, 11) is 1.38. The van der Waals surface area contributed by atoms with Crippen molar-refractivity contribution in [3.05, 3.63) is 83.7 Å². The minimum absolute atomic E-state index is 0.333. The molecular formula is C22H16N2O2. The van der Waals surface area contributed by atoms with E-state index >= 15 is 0 Å². The van der Waals surface area contributed by atoms with E-state index in [1.165, 1.54) is 7.11 Å². The summed E-state index contributed by atoms with van der Waals surface area (Å²) < 4.78 is 4.72. The van der Waals surface area contributed by atoms with Gasteiger partial charge in [0.25, 0.3) is 0 Å². The molecule has 126 valence electrons. The van der Waals surface area contributed by atoms with Gasteiger partial charge in [0, 0.05) is 23.2 Å². The third-order valence-electron chi connectivity index (χ3n) is 4.30. The third kappa shape index (κ3) is 2.93. The Morgan fingerprint density at radius 2 is 1.69 bits per heavy atom. The van der Waals surface area contributed by atoms with Crippen molar-refractivity contribution in [3.8, 4) is 0 Å². The summed E-state index contributed by atoms with van der Waals surface area (Å²) in [4.78, 5) is 20.5. The van der Waals surface area contributed by atoms with Crippen LogP contribution in [0.15, 0.2) is 67.0 Å². The quantitative estimate of drug-likeness (QED) is 0.399.